The van der Waals surface area contributed by atoms with Crippen LogP contribution in [0.4, 0.5) is 11.4 Å². The van der Waals surface area contributed by atoms with Crippen LogP contribution in [0.15, 0.2) is 24.3 Å². The van der Waals surface area contributed by atoms with Crippen LogP contribution in [0.5, 0.6) is 0 Å². The summed E-state index contributed by atoms with van der Waals surface area (Å²) in [5, 5.41) is 12.0. The van der Waals surface area contributed by atoms with E-state index in [0.29, 0.717) is 6.42 Å². The van der Waals surface area contributed by atoms with Crippen LogP contribution >= 0.6 is 0 Å². The molecule has 1 rings (SSSR count). The largest absolute Gasteiger partial charge is 0.381 e. The van der Waals surface area contributed by atoms with Crippen LogP contribution in [-0.4, -0.2) is 20.1 Å². The Kier molecular flexibility index (Phi) is 4.65. The van der Waals surface area contributed by atoms with Crippen molar-refractivity contribution in [1.29, 1.82) is 5.26 Å². The molecular formula is C13H19N3. The fourth-order valence-electron chi connectivity index (χ4n) is 1.50. The van der Waals surface area contributed by atoms with Gasteiger partial charge in [-0.25, -0.2) is 0 Å². The summed E-state index contributed by atoms with van der Waals surface area (Å²) in [5.74, 6) is 0. The van der Waals surface area contributed by atoms with Crippen molar-refractivity contribution in [1.82, 2.24) is 0 Å². The topological polar surface area (TPSA) is 39.1 Å². The quantitative estimate of drug-likeness (QED) is 0.824. The summed E-state index contributed by atoms with van der Waals surface area (Å²) in [5.41, 5.74) is 2.26. The van der Waals surface area contributed by atoms with Crippen LogP contribution in [0.3, 0.4) is 0 Å². The first-order valence-corrected chi connectivity index (χ1v) is 5.58. The van der Waals surface area contributed by atoms with Crippen LogP contribution in [0.25, 0.3) is 0 Å². The van der Waals surface area contributed by atoms with Crippen molar-refractivity contribution in [2.24, 2.45) is 0 Å². The summed E-state index contributed by atoms with van der Waals surface area (Å²) >= 11 is 0. The van der Waals surface area contributed by atoms with E-state index < -0.39 is 0 Å². The first-order chi connectivity index (χ1) is 7.67. The number of nitrogens with one attached hydrogen (secondary N) is 1. The molecule has 0 aromatic heterocycles. The van der Waals surface area contributed by atoms with Crippen molar-refractivity contribution in [2.45, 2.75) is 25.8 Å². The van der Waals surface area contributed by atoms with E-state index in [1.807, 2.05) is 14.1 Å². The molecule has 16 heavy (non-hydrogen) atoms. The molecule has 1 aromatic rings. The summed E-state index contributed by atoms with van der Waals surface area (Å²) in [7, 11) is 4.04. The van der Waals surface area contributed by atoms with Gasteiger partial charge in [-0.05, 0) is 30.7 Å². The minimum atomic E-state index is 0.246. The average Bonchev–Trinajstić information content (AvgIpc) is 2.29. The van der Waals surface area contributed by atoms with Gasteiger partial charge in [0.2, 0.25) is 0 Å². The Morgan fingerprint density at radius 3 is 2.38 bits per heavy atom. The van der Waals surface area contributed by atoms with Crippen molar-refractivity contribution < 1.29 is 0 Å². The summed E-state index contributed by atoms with van der Waals surface area (Å²) in [6, 6.07) is 10.7. The van der Waals surface area contributed by atoms with Gasteiger partial charge < -0.3 is 10.2 Å². The molecule has 0 aliphatic carbocycles. The zero-order chi connectivity index (χ0) is 12.0. The molecule has 1 unspecified atom stereocenters. The highest BCUT2D eigenvalue weighted by molar-refractivity contribution is 5.54. The highest BCUT2D eigenvalue weighted by Gasteiger charge is 2.05. The maximum atomic E-state index is 8.67. The van der Waals surface area contributed by atoms with Gasteiger partial charge in [-0.15, -0.1) is 0 Å². The van der Waals surface area contributed by atoms with E-state index in [0.717, 1.165) is 12.1 Å². The fraction of sp³-hybridized carbons (Fsp3) is 0.462. The van der Waals surface area contributed by atoms with Gasteiger partial charge in [0.1, 0.15) is 0 Å². The van der Waals surface area contributed by atoms with Gasteiger partial charge in [-0.1, -0.05) is 6.92 Å². The third kappa shape index (κ3) is 3.47. The van der Waals surface area contributed by atoms with E-state index in [-0.39, 0.29) is 6.04 Å². The fourth-order valence-corrected chi connectivity index (χ4v) is 1.50. The normalized spacial score (nSPS) is 11.6. The molecule has 0 saturated heterocycles. The molecule has 0 bridgehead atoms. The molecule has 1 aromatic carbocycles. The molecular weight excluding hydrogens is 198 g/mol. The minimum Gasteiger partial charge on any atom is -0.381 e. The maximum Gasteiger partial charge on any atom is 0.0643 e. The third-order valence-corrected chi connectivity index (χ3v) is 2.58. The molecule has 0 amide bonds. The number of nitrogens with zero attached hydrogens (tertiary/aromatic N) is 2. The predicted molar refractivity (Wildman–Crippen MR) is 68.7 cm³/mol. The van der Waals surface area contributed by atoms with E-state index in [4.69, 9.17) is 5.26 Å². The second-order valence-electron chi connectivity index (χ2n) is 4.05. The van der Waals surface area contributed by atoms with Crippen LogP contribution in [-0.2, 0) is 0 Å². The average molecular weight is 217 g/mol. The lowest BCUT2D eigenvalue weighted by Gasteiger charge is -2.17. The minimum absolute atomic E-state index is 0.246. The van der Waals surface area contributed by atoms with Gasteiger partial charge in [0.25, 0.3) is 0 Å². The molecule has 0 aliphatic heterocycles. The number of benzene rings is 1. The Labute approximate surface area is 97.7 Å². The van der Waals surface area contributed by atoms with Gasteiger partial charge in [-0.2, -0.15) is 5.26 Å². The lowest BCUT2D eigenvalue weighted by molar-refractivity contribution is 0.711. The number of hydrogen-bond acceptors (Lipinski definition) is 3. The number of nitriles is 1. The summed E-state index contributed by atoms with van der Waals surface area (Å²) < 4.78 is 0. The number of rotatable bonds is 5. The van der Waals surface area contributed by atoms with E-state index >= 15 is 0 Å². The third-order valence-electron chi connectivity index (χ3n) is 2.58. The Balaban J connectivity index is 2.64. The smallest absolute Gasteiger partial charge is 0.0643 e. The lowest BCUT2D eigenvalue weighted by Crippen LogP contribution is -2.17. The highest BCUT2D eigenvalue weighted by atomic mass is 15.1. The van der Waals surface area contributed by atoms with E-state index in [1.165, 1.54) is 5.69 Å². The molecule has 86 valence electrons. The predicted octanol–water partition coefficient (Wildman–Crippen LogP) is 2.86. The molecule has 3 nitrogen and oxygen atoms in total. The van der Waals surface area contributed by atoms with Crippen molar-refractivity contribution in [2.75, 3.05) is 24.3 Å². The van der Waals surface area contributed by atoms with Crippen LogP contribution in [0.2, 0.25) is 0 Å². The van der Waals surface area contributed by atoms with Gasteiger partial charge in [0, 0.05) is 31.5 Å². The summed E-state index contributed by atoms with van der Waals surface area (Å²) in [6.45, 7) is 2.09. The van der Waals surface area contributed by atoms with E-state index in [9.17, 15) is 0 Å². The highest BCUT2D eigenvalue weighted by Crippen LogP contribution is 2.17. The Hall–Kier alpha value is -1.69. The van der Waals surface area contributed by atoms with Crippen molar-refractivity contribution >= 4 is 11.4 Å². The first-order valence-electron chi connectivity index (χ1n) is 5.58. The second kappa shape index (κ2) is 6.02. The van der Waals surface area contributed by atoms with Crippen LogP contribution in [0, 0.1) is 11.3 Å². The molecule has 0 spiro atoms. The lowest BCUT2D eigenvalue weighted by atomic mass is 10.1. The zero-order valence-electron chi connectivity index (χ0n) is 10.2. The van der Waals surface area contributed by atoms with E-state index in [1.54, 1.807) is 0 Å². The SMILES string of the molecule is CCC(CC#N)Nc1ccc(N(C)C)cc1. The van der Waals surface area contributed by atoms with Crippen LogP contribution < -0.4 is 10.2 Å². The molecule has 0 saturated carbocycles. The van der Waals surface area contributed by atoms with Gasteiger partial charge in [0.15, 0.2) is 0 Å². The molecule has 0 aliphatic rings. The number of anilines is 2. The number of hydrogen-bond donors (Lipinski definition) is 1. The van der Waals surface area contributed by atoms with Crippen molar-refractivity contribution in [3.05, 3.63) is 24.3 Å². The van der Waals surface area contributed by atoms with Crippen molar-refractivity contribution in [3.8, 4) is 6.07 Å². The maximum absolute atomic E-state index is 8.67. The standard InChI is InChI=1S/C13H19N3/c1-4-11(9-10-14)15-12-5-7-13(8-6-12)16(2)3/h5-8,11,15H,4,9H2,1-3H3. The zero-order valence-corrected chi connectivity index (χ0v) is 10.2. The second-order valence-corrected chi connectivity index (χ2v) is 4.05. The molecule has 0 heterocycles. The Morgan fingerprint density at radius 1 is 1.31 bits per heavy atom. The Bertz CT molecular complexity index is 348. The van der Waals surface area contributed by atoms with Gasteiger partial charge in [0.05, 0.1) is 12.5 Å². The molecule has 3 heteroatoms. The molecule has 0 radical (unpaired) electrons. The Morgan fingerprint density at radius 2 is 1.94 bits per heavy atom. The van der Waals surface area contributed by atoms with Crippen molar-refractivity contribution in [3.63, 3.8) is 0 Å². The monoisotopic (exact) mass is 217 g/mol. The van der Waals surface area contributed by atoms with E-state index in [2.05, 4.69) is 47.5 Å². The first kappa shape index (κ1) is 12.4. The van der Waals surface area contributed by atoms with Gasteiger partial charge in [-0.3, -0.25) is 0 Å². The molecule has 0 fully saturated rings. The summed E-state index contributed by atoms with van der Waals surface area (Å²) in [4.78, 5) is 2.07. The summed E-state index contributed by atoms with van der Waals surface area (Å²) in [6.07, 6.45) is 1.51. The molecule has 1 N–H and O–H groups in total. The van der Waals surface area contributed by atoms with Crippen LogP contribution in [0.1, 0.15) is 19.8 Å². The van der Waals surface area contributed by atoms with Gasteiger partial charge >= 0.3 is 0 Å². The molecule has 1 atom stereocenters.